The Bertz CT molecular complexity index is 605. The van der Waals surface area contributed by atoms with Gasteiger partial charge in [-0.3, -0.25) is 4.79 Å². The first-order chi connectivity index (χ1) is 10.8. The second-order valence-electron chi connectivity index (χ2n) is 5.22. The minimum Gasteiger partial charge on any atom is -0.345 e. The molecule has 1 amide bonds. The van der Waals surface area contributed by atoms with Gasteiger partial charge in [0.2, 0.25) is 0 Å². The van der Waals surface area contributed by atoms with Gasteiger partial charge in [-0.15, -0.1) is 11.3 Å². The summed E-state index contributed by atoms with van der Waals surface area (Å²) in [4.78, 5) is 21.1. The summed E-state index contributed by atoms with van der Waals surface area (Å²) in [5.74, 6) is 1.12. The van der Waals surface area contributed by atoms with E-state index in [2.05, 4.69) is 28.3 Å². The number of thiazole rings is 1. The van der Waals surface area contributed by atoms with Crippen molar-refractivity contribution in [3.8, 4) is 0 Å². The third-order valence-electron chi connectivity index (χ3n) is 3.77. The number of rotatable bonds is 4. The first-order valence-corrected chi connectivity index (χ1v) is 9.57. The highest BCUT2D eigenvalue weighted by Gasteiger charge is 2.23. The van der Waals surface area contributed by atoms with E-state index in [9.17, 15) is 4.79 Å². The first-order valence-electron chi connectivity index (χ1n) is 7.29. The molecule has 0 saturated carbocycles. The standard InChI is InChI=1S/C16H19N3OS2/c1-21-12-13-2-4-14(5-3-13)15(20)18-7-9-19(10-8-18)16-17-6-11-22-16/h2-6,11H,7-10,12H2,1H3. The molecule has 22 heavy (non-hydrogen) atoms. The van der Waals surface area contributed by atoms with Gasteiger partial charge in [0.1, 0.15) is 0 Å². The molecule has 1 aliphatic rings. The highest BCUT2D eigenvalue weighted by Crippen LogP contribution is 2.20. The Morgan fingerprint density at radius 3 is 2.55 bits per heavy atom. The molecule has 2 heterocycles. The number of anilines is 1. The molecule has 0 atom stereocenters. The lowest BCUT2D eigenvalue weighted by Gasteiger charge is -2.34. The lowest BCUT2D eigenvalue weighted by molar-refractivity contribution is 0.0747. The van der Waals surface area contributed by atoms with Crippen LogP contribution in [0.25, 0.3) is 0 Å². The van der Waals surface area contributed by atoms with Crippen LogP contribution in [0.3, 0.4) is 0 Å². The number of hydrogen-bond acceptors (Lipinski definition) is 5. The molecule has 0 unspecified atom stereocenters. The summed E-state index contributed by atoms with van der Waals surface area (Å²) in [6.07, 6.45) is 3.91. The van der Waals surface area contributed by atoms with Crippen LogP contribution in [0.2, 0.25) is 0 Å². The van der Waals surface area contributed by atoms with Crippen molar-refractivity contribution in [2.45, 2.75) is 5.75 Å². The fourth-order valence-corrected chi connectivity index (χ4v) is 3.79. The zero-order valence-corrected chi connectivity index (χ0v) is 14.2. The molecule has 1 fully saturated rings. The van der Waals surface area contributed by atoms with E-state index >= 15 is 0 Å². The molecule has 116 valence electrons. The van der Waals surface area contributed by atoms with E-state index < -0.39 is 0 Å². The number of thioether (sulfide) groups is 1. The predicted molar refractivity (Wildman–Crippen MR) is 93.9 cm³/mol. The van der Waals surface area contributed by atoms with E-state index in [1.54, 1.807) is 23.1 Å². The van der Waals surface area contributed by atoms with Crippen LogP contribution in [0, 0.1) is 0 Å². The molecule has 2 aromatic rings. The molecule has 6 heteroatoms. The van der Waals surface area contributed by atoms with E-state index in [0.717, 1.165) is 42.6 Å². The summed E-state index contributed by atoms with van der Waals surface area (Å²) >= 11 is 3.44. The molecule has 0 spiro atoms. The van der Waals surface area contributed by atoms with Gasteiger partial charge in [-0.05, 0) is 24.0 Å². The summed E-state index contributed by atoms with van der Waals surface area (Å²) in [7, 11) is 0. The smallest absolute Gasteiger partial charge is 0.253 e. The van der Waals surface area contributed by atoms with E-state index in [4.69, 9.17) is 0 Å². The second-order valence-corrected chi connectivity index (χ2v) is 6.96. The van der Waals surface area contributed by atoms with Gasteiger partial charge in [0, 0.05) is 49.1 Å². The fourth-order valence-electron chi connectivity index (χ4n) is 2.57. The summed E-state index contributed by atoms with van der Waals surface area (Å²) in [6.45, 7) is 3.21. The zero-order chi connectivity index (χ0) is 15.4. The first kappa shape index (κ1) is 15.4. The number of aromatic nitrogens is 1. The molecule has 0 radical (unpaired) electrons. The summed E-state index contributed by atoms with van der Waals surface area (Å²) in [5.41, 5.74) is 2.05. The highest BCUT2D eigenvalue weighted by molar-refractivity contribution is 7.97. The van der Waals surface area contributed by atoms with Crippen molar-refractivity contribution < 1.29 is 4.79 Å². The molecule has 3 rings (SSSR count). The van der Waals surface area contributed by atoms with E-state index in [0.29, 0.717) is 0 Å². The molecular weight excluding hydrogens is 314 g/mol. The zero-order valence-electron chi connectivity index (χ0n) is 12.6. The molecule has 1 saturated heterocycles. The van der Waals surface area contributed by atoms with Gasteiger partial charge < -0.3 is 9.80 Å². The normalized spacial score (nSPS) is 15.1. The van der Waals surface area contributed by atoms with E-state index in [1.165, 1.54) is 5.56 Å². The number of hydrogen-bond donors (Lipinski definition) is 0. The molecule has 4 nitrogen and oxygen atoms in total. The van der Waals surface area contributed by atoms with Crippen molar-refractivity contribution in [2.24, 2.45) is 0 Å². The number of piperazine rings is 1. The van der Waals surface area contributed by atoms with Crippen LogP contribution in [0.4, 0.5) is 5.13 Å². The summed E-state index contributed by atoms with van der Waals surface area (Å²) in [5, 5.41) is 3.04. The Morgan fingerprint density at radius 1 is 1.23 bits per heavy atom. The van der Waals surface area contributed by atoms with Crippen molar-refractivity contribution >= 4 is 34.1 Å². The van der Waals surface area contributed by atoms with Gasteiger partial charge in [0.15, 0.2) is 5.13 Å². The Kier molecular flexibility index (Phi) is 5.00. The maximum absolute atomic E-state index is 12.6. The Balaban J connectivity index is 1.59. The lowest BCUT2D eigenvalue weighted by atomic mass is 10.1. The number of amides is 1. The predicted octanol–water partition coefficient (Wildman–Crippen LogP) is 2.97. The monoisotopic (exact) mass is 333 g/mol. The average molecular weight is 333 g/mol. The maximum Gasteiger partial charge on any atom is 0.253 e. The number of benzene rings is 1. The Hall–Kier alpha value is -1.53. The fraction of sp³-hybridized carbons (Fsp3) is 0.375. The van der Waals surface area contributed by atoms with Gasteiger partial charge >= 0.3 is 0 Å². The van der Waals surface area contributed by atoms with Gasteiger partial charge in [0.25, 0.3) is 5.91 Å². The van der Waals surface area contributed by atoms with Gasteiger partial charge in [-0.2, -0.15) is 11.8 Å². The SMILES string of the molecule is CSCc1ccc(C(=O)N2CCN(c3nccs3)CC2)cc1. The van der Waals surface area contributed by atoms with Crippen LogP contribution in [-0.4, -0.2) is 48.2 Å². The largest absolute Gasteiger partial charge is 0.345 e. The number of carbonyl (C=O) groups excluding carboxylic acids is 1. The topological polar surface area (TPSA) is 36.4 Å². The molecule has 1 aliphatic heterocycles. The van der Waals surface area contributed by atoms with Crippen LogP contribution in [0.15, 0.2) is 35.8 Å². The van der Waals surface area contributed by atoms with E-state index in [1.807, 2.05) is 28.6 Å². The van der Waals surface area contributed by atoms with Crippen molar-refractivity contribution in [2.75, 3.05) is 37.3 Å². The van der Waals surface area contributed by atoms with Crippen molar-refractivity contribution in [3.05, 3.63) is 47.0 Å². The van der Waals surface area contributed by atoms with Gasteiger partial charge in [-0.1, -0.05) is 12.1 Å². The highest BCUT2D eigenvalue weighted by atomic mass is 32.2. The average Bonchev–Trinajstić information content (AvgIpc) is 3.10. The lowest BCUT2D eigenvalue weighted by Crippen LogP contribution is -2.48. The molecule has 1 aromatic carbocycles. The van der Waals surface area contributed by atoms with Crippen LogP contribution < -0.4 is 4.90 Å². The summed E-state index contributed by atoms with van der Waals surface area (Å²) in [6, 6.07) is 7.99. The quantitative estimate of drug-likeness (QED) is 0.862. The molecular formula is C16H19N3OS2. The third kappa shape index (κ3) is 3.44. The van der Waals surface area contributed by atoms with Crippen molar-refractivity contribution in [1.29, 1.82) is 0 Å². The molecule has 0 aliphatic carbocycles. The van der Waals surface area contributed by atoms with E-state index in [-0.39, 0.29) is 5.91 Å². The van der Waals surface area contributed by atoms with Gasteiger partial charge in [0.05, 0.1) is 0 Å². The minimum absolute atomic E-state index is 0.134. The molecule has 0 bridgehead atoms. The van der Waals surface area contributed by atoms with Crippen molar-refractivity contribution in [3.63, 3.8) is 0 Å². The van der Waals surface area contributed by atoms with Gasteiger partial charge in [-0.25, -0.2) is 4.98 Å². The van der Waals surface area contributed by atoms with Crippen LogP contribution in [0.5, 0.6) is 0 Å². The number of carbonyl (C=O) groups is 1. The Labute approximate surface area is 139 Å². The molecule has 1 aromatic heterocycles. The Morgan fingerprint density at radius 2 is 1.95 bits per heavy atom. The van der Waals surface area contributed by atoms with Crippen LogP contribution in [-0.2, 0) is 5.75 Å². The van der Waals surface area contributed by atoms with Crippen LogP contribution >= 0.6 is 23.1 Å². The minimum atomic E-state index is 0.134. The second kappa shape index (κ2) is 7.15. The van der Waals surface area contributed by atoms with Crippen molar-refractivity contribution in [1.82, 2.24) is 9.88 Å². The third-order valence-corrected chi connectivity index (χ3v) is 5.22. The number of nitrogens with zero attached hydrogens (tertiary/aromatic N) is 3. The molecule has 0 N–H and O–H groups in total. The van der Waals surface area contributed by atoms with Crippen LogP contribution in [0.1, 0.15) is 15.9 Å². The summed E-state index contributed by atoms with van der Waals surface area (Å²) < 4.78 is 0. The maximum atomic E-state index is 12.6.